The van der Waals surface area contributed by atoms with Gasteiger partial charge in [0.15, 0.2) is 17.3 Å². The molecule has 0 bridgehead atoms. The molecule has 0 spiro atoms. The smallest absolute Gasteiger partial charge is 0.356 e. The Labute approximate surface area is 127 Å². The monoisotopic (exact) mass is 319 g/mol. The summed E-state index contributed by atoms with van der Waals surface area (Å²) in [4.78, 5) is 23.1. The fourth-order valence-corrected chi connectivity index (χ4v) is 2.10. The molecule has 116 valence electrons. The third-order valence-corrected chi connectivity index (χ3v) is 3.21. The molecular formula is C16H8F3NO3. The van der Waals surface area contributed by atoms with Gasteiger partial charge in [0.05, 0.1) is 11.1 Å². The molecule has 0 aliphatic heterocycles. The number of carbonyl (C=O) groups is 2. The Morgan fingerprint density at radius 2 is 1.83 bits per heavy atom. The average Bonchev–Trinajstić information content (AvgIpc) is 2.99. The summed E-state index contributed by atoms with van der Waals surface area (Å²) in [7, 11) is 0. The standard InChI is InChI=1S/C16H8F3NO3/c17-16(18,19)10-3-1-2-9(6-10)15-8-13(20-23-15)12-7-11(21)4-5-14(12)22/h1-8H. The first kappa shape index (κ1) is 15.0. The molecule has 0 saturated carbocycles. The van der Waals surface area contributed by atoms with E-state index >= 15 is 0 Å². The predicted molar refractivity (Wildman–Crippen MR) is 74.1 cm³/mol. The van der Waals surface area contributed by atoms with Crippen LogP contribution >= 0.6 is 0 Å². The SMILES string of the molecule is O=C1C=CC(=O)C(c2cc(-c3cccc(C(F)(F)F)c3)on2)=C1. The van der Waals surface area contributed by atoms with E-state index in [9.17, 15) is 22.8 Å². The zero-order valence-electron chi connectivity index (χ0n) is 11.4. The van der Waals surface area contributed by atoms with Gasteiger partial charge in [-0.05, 0) is 30.4 Å². The number of alkyl halides is 3. The normalized spacial score (nSPS) is 15.0. The van der Waals surface area contributed by atoms with Crippen LogP contribution in [0.15, 0.2) is 53.1 Å². The second-order valence-electron chi connectivity index (χ2n) is 4.81. The molecule has 3 rings (SSSR count). The average molecular weight is 319 g/mol. The number of hydrogen-bond donors (Lipinski definition) is 0. The molecule has 1 aromatic carbocycles. The van der Waals surface area contributed by atoms with Crippen molar-refractivity contribution in [2.45, 2.75) is 6.18 Å². The molecule has 4 nitrogen and oxygen atoms in total. The van der Waals surface area contributed by atoms with Gasteiger partial charge in [0.2, 0.25) is 0 Å². The molecule has 2 aromatic rings. The van der Waals surface area contributed by atoms with Crippen molar-refractivity contribution >= 4 is 17.1 Å². The Kier molecular flexibility index (Phi) is 3.48. The van der Waals surface area contributed by atoms with Gasteiger partial charge in [-0.1, -0.05) is 17.3 Å². The number of aromatic nitrogens is 1. The third kappa shape index (κ3) is 2.98. The van der Waals surface area contributed by atoms with Crippen LogP contribution < -0.4 is 0 Å². The molecule has 0 N–H and O–H groups in total. The molecule has 7 heteroatoms. The van der Waals surface area contributed by atoms with Gasteiger partial charge in [0.25, 0.3) is 0 Å². The molecule has 0 atom stereocenters. The first-order valence-electron chi connectivity index (χ1n) is 6.47. The molecule has 0 fully saturated rings. The van der Waals surface area contributed by atoms with Gasteiger partial charge in [0.1, 0.15) is 5.69 Å². The van der Waals surface area contributed by atoms with E-state index in [1.54, 1.807) is 0 Å². The summed E-state index contributed by atoms with van der Waals surface area (Å²) in [5, 5.41) is 3.66. The summed E-state index contributed by atoms with van der Waals surface area (Å²) in [6.07, 6.45) is -1.13. The minimum Gasteiger partial charge on any atom is -0.356 e. The quantitative estimate of drug-likeness (QED) is 0.796. The minimum absolute atomic E-state index is 0.0412. The number of allylic oxidation sites excluding steroid dienone is 4. The summed E-state index contributed by atoms with van der Waals surface area (Å²) < 4.78 is 43.2. The van der Waals surface area contributed by atoms with Crippen molar-refractivity contribution in [3.05, 3.63) is 59.8 Å². The van der Waals surface area contributed by atoms with E-state index in [4.69, 9.17) is 4.52 Å². The molecule has 0 radical (unpaired) electrons. The number of nitrogens with zero attached hydrogens (tertiary/aromatic N) is 1. The van der Waals surface area contributed by atoms with E-state index in [1.807, 2.05) is 0 Å². The van der Waals surface area contributed by atoms with Crippen LogP contribution in [-0.4, -0.2) is 16.7 Å². The lowest BCUT2D eigenvalue weighted by molar-refractivity contribution is -0.137. The highest BCUT2D eigenvalue weighted by molar-refractivity contribution is 6.33. The van der Waals surface area contributed by atoms with E-state index in [0.717, 1.165) is 30.4 Å². The molecule has 0 saturated heterocycles. The van der Waals surface area contributed by atoms with Gasteiger partial charge in [-0.3, -0.25) is 9.59 Å². The topological polar surface area (TPSA) is 60.2 Å². The van der Waals surface area contributed by atoms with Gasteiger partial charge in [0, 0.05) is 11.6 Å². The zero-order valence-corrected chi connectivity index (χ0v) is 11.4. The second kappa shape index (κ2) is 5.35. The van der Waals surface area contributed by atoms with Crippen LogP contribution in [0.4, 0.5) is 13.2 Å². The Morgan fingerprint density at radius 1 is 1.04 bits per heavy atom. The first-order valence-corrected chi connectivity index (χ1v) is 6.47. The molecule has 0 unspecified atom stereocenters. The first-order chi connectivity index (χ1) is 10.8. The van der Waals surface area contributed by atoms with E-state index < -0.39 is 17.5 Å². The lowest BCUT2D eigenvalue weighted by atomic mass is 10.00. The van der Waals surface area contributed by atoms with E-state index in [1.165, 1.54) is 18.2 Å². The molecule has 23 heavy (non-hydrogen) atoms. The van der Waals surface area contributed by atoms with E-state index in [0.29, 0.717) is 0 Å². The summed E-state index contributed by atoms with van der Waals surface area (Å²) in [6, 6.07) is 5.87. The lowest BCUT2D eigenvalue weighted by Gasteiger charge is -2.06. The van der Waals surface area contributed by atoms with Crippen LogP contribution in [0, 0.1) is 0 Å². The molecule has 1 aliphatic rings. The maximum absolute atomic E-state index is 12.7. The van der Waals surface area contributed by atoms with Crippen LogP contribution in [0.2, 0.25) is 0 Å². The van der Waals surface area contributed by atoms with Crippen LogP contribution in [0.5, 0.6) is 0 Å². The Morgan fingerprint density at radius 3 is 2.57 bits per heavy atom. The zero-order chi connectivity index (χ0) is 16.6. The number of hydrogen-bond acceptors (Lipinski definition) is 4. The van der Waals surface area contributed by atoms with Crippen LogP contribution in [-0.2, 0) is 15.8 Å². The number of benzene rings is 1. The maximum atomic E-state index is 12.7. The molecule has 1 heterocycles. The Balaban J connectivity index is 1.97. The number of halogens is 3. The second-order valence-corrected chi connectivity index (χ2v) is 4.81. The van der Waals surface area contributed by atoms with Crippen molar-refractivity contribution in [1.29, 1.82) is 0 Å². The van der Waals surface area contributed by atoms with Crippen molar-refractivity contribution in [3.63, 3.8) is 0 Å². The van der Waals surface area contributed by atoms with Crippen LogP contribution in [0.1, 0.15) is 11.3 Å². The number of rotatable bonds is 2. The maximum Gasteiger partial charge on any atom is 0.416 e. The van der Waals surface area contributed by atoms with E-state index in [-0.39, 0.29) is 28.4 Å². The summed E-state index contributed by atoms with van der Waals surface area (Å²) in [6.45, 7) is 0. The Bertz CT molecular complexity index is 859. The lowest BCUT2D eigenvalue weighted by Crippen LogP contribution is -2.06. The van der Waals surface area contributed by atoms with Crippen LogP contribution in [0.25, 0.3) is 16.9 Å². The van der Waals surface area contributed by atoms with E-state index in [2.05, 4.69) is 5.16 Å². The number of carbonyl (C=O) groups excluding carboxylic acids is 2. The Hall–Kier alpha value is -2.96. The highest BCUT2D eigenvalue weighted by Gasteiger charge is 2.30. The van der Waals surface area contributed by atoms with Crippen LogP contribution in [0.3, 0.4) is 0 Å². The van der Waals surface area contributed by atoms with Gasteiger partial charge < -0.3 is 4.52 Å². The third-order valence-electron chi connectivity index (χ3n) is 3.21. The van der Waals surface area contributed by atoms with Crippen molar-refractivity contribution in [2.24, 2.45) is 0 Å². The van der Waals surface area contributed by atoms with Crippen molar-refractivity contribution in [1.82, 2.24) is 5.16 Å². The minimum atomic E-state index is -4.47. The summed E-state index contributed by atoms with van der Waals surface area (Å²) in [5.74, 6) is -0.724. The van der Waals surface area contributed by atoms with Crippen molar-refractivity contribution < 1.29 is 27.3 Å². The summed E-state index contributed by atoms with van der Waals surface area (Å²) >= 11 is 0. The van der Waals surface area contributed by atoms with Gasteiger partial charge in [-0.25, -0.2) is 0 Å². The number of ketones is 2. The molecular weight excluding hydrogens is 311 g/mol. The van der Waals surface area contributed by atoms with Crippen molar-refractivity contribution in [2.75, 3.05) is 0 Å². The largest absolute Gasteiger partial charge is 0.416 e. The predicted octanol–water partition coefficient (Wildman–Crippen LogP) is 3.45. The van der Waals surface area contributed by atoms with Gasteiger partial charge in [-0.2, -0.15) is 13.2 Å². The molecule has 0 amide bonds. The highest BCUT2D eigenvalue weighted by Crippen LogP contribution is 2.33. The summed E-state index contributed by atoms with van der Waals surface area (Å²) in [5.41, 5.74) is -0.511. The molecule has 1 aromatic heterocycles. The fraction of sp³-hybridized carbons (Fsp3) is 0.0625. The fourth-order valence-electron chi connectivity index (χ4n) is 2.10. The highest BCUT2D eigenvalue weighted by atomic mass is 19.4. The van der Waals surface area contributed by atoms with Crippen molar-refractivity contribution in [3.8, 4) is 11.3 Å². The molecule has 1 aliphatic carbocycles. The van der Waals surface area contributed by atoms with Gasteiger partial charge >= 0.3 is 6.18 Å². The van der Waals surface area contributed by atoms with Gasteiger partial charge in [-0.15, -0.1) is 0 Å².